The second-order valence-electron chi connectivity index (χ2n) is 3.75. The Bertz CT molecular complexity index is 543. The molecule has 1 aliphatic rings. The molecule has 0 bridgehead atoms. The first kappa shape index (κ1) is 15.2. The summed E-state index contributed by atoms with van der Waals surface area (Å²) < 4.78 is 54.9. The highest BCUT2D eigenvalue weighted by Crippen LogP contribution is 2.46. The Morgan fingerprint density at radius 2 is 1.20 bits per heavy atom. The summed E-state index contributed by atoms with van der Waals surface area (Å²) in [7, 11) is 0. The molecule has 4 nitrogen and oxygen atoms in total. The molecule has 0 aromatic rings. The zero-order valence-electron chi connectivity index (χ0n) is 9.61. The predicted octanol–water partition coefficient (Wildman–Crippen LogP) is 3.36. The molecule has 0 saturated carbocycles. The van der Waals surface area contributed by atoms with Gasteiger partial charge in [0.1, 0.15) is 17.6 Å². The van der Waals surface area contributed by atoms with Gasteiger partial charge in [0.15, 0.2) is 11.7 Å². The summed E-state index contributed by atoms with van der Waals surface area (Å²) in [6.45, 7) is 13.2. The Morgan fingerprint density at radius 1 is 0.850 bits per heavy atom. The van der Waals surface area contributed by atoms with Gasteiger partial charge in [-0.1, -0.05) is 0 Å². The van der Waals surface area contributed by atoms with E-state index in [9.17, 15) is 17.6 Å². The lowest BCUT2D eigenvalue weighted by Gasteiger charge is -2.22. The molecule has 0 radical (unpaired) electrons. The van der Waals surface area contributed by atoms with Crippen molar-refractivity contribution in [2.75, 3.05) is 0 Å². The third-order valence-corrected chi connectivity index (χ3v) is 2.72. The Morgan fingerprint density at radius 3 is 1.50 bits per heavy atom. The fourth-order valence-electron chi connectivity index (χ4n) is 1.73. The molecule has 0 atom stereocenters. The van der Waals surface area contributed by atoms with E-state index in [0.717, 1.165) is 0 Å². The van der Waals surface area contributed by atoms with Crippen LogP contribution < -0.4 is 0 Å². The van der Waals surface area contributed by atoms with Crippen LogP contribution in [0.2, 0.25) is 0 Å². The van der Waals surface area contributed by atoms with E-state index in [1.165, 1.54) is 12.1 Å². The summed E-state index contributed by atoms with van der Waals surface area (Å²) in [5, 5.41) is 17.1. The molecule has 0 saturated heterocycles. The first-order chi connectivity index (χ1) is 9.44. The molecule has 0 unspecified atom stereocenters. The van der Waals surface area contributed by atoms with Gasteiger partial charge in [-0.25, -0.2) is 40.4 Å². The Kier molecular flexibility index (Phi) is 4.46. The SMILES string of the molecule is [C-]#[N+]C([N+]#[C-])C1C(F)=C(F)C(C(C#N)C#N)C(F)=C1F. The summed E-state index contributed by atoms with van der Waals surface area (Å²) in [5.41, 5.74) is 0. The van der Waals surface area contributed by atoms with Crippen LogP contribution in [0.5, 0.6) is 0 Å². The van der Waals surface area contributed by atoms with Gasteiger partial charge < -0.3 is 0 Å². The maximum atomic E-state index is 13.7. The lowest BCUT2D eigenvalue weighted by Crippen LogP contribution is -2.27. The number of rotatable bonds is 2. The maximum Gasteiger partial charge on any atom is 0.490 e. The van der Waals surface area contributed by atoms with E-state index >= 15 is 0 Å². The van der Waals surface area contributed by atoms with Crippen molar-refractivity contribution in [2.45, 2.75) is 6.17 Å². The molecule has 1 rings (SSSR count). The van der Waals surface area contributed by atoms with Gasteiger partial charge in [0.25, 0.3) is 0 Å². The standard InChI is InChI=1S/C12H4F4N4/c1-19-12(20-2)7-10(15)8(13)6(5(3-17)4-18)9(14)11(7)16/h5-7,12H. The largest absolute Gasteiger partial charge is 0.490 e. The minimum Gasteiger partial charge on any atom is -0.232 e. The van der Waals surface area contributed by atoms with E-state index in [-0.39, 0.29) is 0 Å². The molecule has 0 fully saturated rings. The summed E-state index contributed by atoms with van der Waals surface area (Å²) in [5.74, 6) is -13.9. The minimum atomic E-state index is -2.31. The third-order valence-electron chi connectivity index (χ3n) is 2.72. The van der Waals surface area contributed by atoms with Crippen LogP contribution in [0.25, 0.3) is 9.69 Å². The highest BCUT2D eigenvalue weighted by Gasteiger charge is 2.51. The van der Waals surface area contributed by atoms with Crippen LogP contribution in [0.15, 0.2) is 23.3 Å². The van der Waals surface area contributed by atoms with Crippen molar-refractivity contribution in [1.29, 1.82) is 10.5 Å². The lowest BCUT2D eigenvalue weighted by atomic mass is 9.83. The van der Waals surface area contributed by atoms with Crippen molar-refractivity contribution in [3.05, 3.63) is 46.1 Å². The van der Waals surface area contributed by atoms with Crippen LogP contribution in [0.1, 0.15) is 0 Å². The summed E-state index contributed by atoms with van der Waals surface area (Å²) >= 11 is 0. The van der Waals surface area contributed by atoms with Crippen LogP contribution in [0.3, 0.4) is 0 Å². The summed E-state index contributed by atoms with van der Waals surface area (Å²) in [4.78, 5) is 5.19. The highest BCUT2D eigenvalue weighted by atomic mass is 19.2. The topological polar surface area (TPSA) is 56.3 Å². The molecular weight excluding hydrogens is 276 g/mol. The van der Waals surface area contributed by atoms with Crippen molar-refractivity contribution in [3.8, 4) is 12.1 Å². The first-order valence-electron chi connectivity index (χ1n) is 5.07. The molecule has 1 aliphatic carbocycles. The molecule has 0 amide bonds. The number of allylic oxidation sites excluding steroid dienone is 2. The third kappa shape index (κ3) is 2.20. The van der Waals surface area contributed by atoms with Gasteiger partial charge in [-0.3, -0.25) is 0 Å². The second-order valence-corrected chi connectivity index (χ2v) is 3.75. The molecule has 0 aromatic carbocycles. The smallest absolute Gasteiger partial charge is 0.232 e. The van der Waals surface area contributed by atoms with E-state index < -0.39 is 47.2 Å². The van der Waals surface area contributed by atoms with Gasteiger partial charge in [-0.15, -0.1) is 0 Å². The van der Waals surface area contributed by atoms with Gasteiger partial charge in [-0.2, -0.15) is 10.5 Å². The van der Waals surface area contributed by atoms with Gasteiger partial charge in [0.2, 0.25) is 5.92 Å². The maximum absolute atomic E-state index is 13.7. The molecule has 100 valence electrons. The van der Waals surface area contributed by atoms with E-state index in [1.54, 1.807) is 0 Å². The molecule has 0 N–H and O–H groups in total. The van der Waals surface area contributed by atoms with Gasteiger partial charge in [0, 0.05) is 0 Å². The number of hydrogen-bond acceptors (Lipinski definition) is 2. The first-order valence-corrected chi connectivity index (χ1v) is 5.07. The van der Waals surface area contributed by atoms with E-state index in [2.05, 4.69) is 9.69 Å². The molecule has 0 aromatic heterocycles. The van der Waals surface area contributed by atoms with E-state index in [4.69, 9.17) is 23.7 Å². The summed E-state index contributed by atoms with van der Waals surface area (Å²) in [6.07, 6.45) is -1.99. The fourth-order valence-corrected chi connectivity index (χ4v) is 1.73. The molecule has 20 heavy (non-hydrogen) atoms. The van der Waals surface area contributed by atoms with Crippen molar-refractivity contribution < 1.29 is 17.6 Å². The fraction of sp³-hybridized carbons (Fsp3) is 0.333. The molecular formula is C12H4F4N4. The molecule has 0 aliphatic heterocycles. The van der Waals surface area contributed by atoms with E-state index in [0.29, 0.717) is 0 Å². The van der Waals surface area contributed by atoms with Crippen LogP contribution in [-0.4, -0.2) is 6.17 Å². The van der Waals surface area contributed by atoms with Gasteiger partial charge >= 0.3 is 6.17 Å². The van der Waals surface area contributed by atoms with Crippen molar-refractivity contribution >= 4 is 0 Å². The minimum absolute atomic E-state index is 1.23. The van der Waals surface area contributed by atoms with Gasteiger partial charge in [-0.05, 0) is 0 Å². The predicted molar refractivity (Wildman–Crippen MR) is 57.2 cm³/mol. The number of hydrogen-bond donors (Lipinski definition) is 0. The quantitative estimate of drug-likeness (QED) is 0.575. The number of halogens is 4. The number of nitriles is 2. The zero-order valence-corrected chi connectivity index (χ0v) is 9.61. The van der Waals surface area contributed by atoms with Crippen molar-refractivity contribution in [2.24, 2.45) is 17.8 Å². The molecule has 0 heterocycles. The summed E-state index contributed by atoms with van der Waals surface area (Å²) in [6, 6.07) is 2.46. The van der Waals surface area contributed by atoms with Crippen LogP contribution in [-0.2, 0) is 0 Å². The Hall–Kier alpha value is -2.84. The van der Waals surface area contributed by atoms with Gasteiger partial charge in [0.05, 0.1) is 18.1 Å². The highest BCUT2D eigenvalue weighted by molar-refractivity contribution is 5.36. The monoisotopic (exact) mass is 280 g/mol. The molecule has 0 spiro atoms. The normalized spacial score (nSPS) is 22.3. The van der Waals surface area contributed by atoms with Crippen LogP contribution in [0.4, 0.5) is 17.6 Å². The average molecular weight is 280 g/mol. The number of nitrogens with zero attached hydrogens (tertiary/aromatic N) is 4. The van der Waals surface area contributed by atoms with Crippen LogP contribution >= 0.6 is 0 Å². The second kappa shape index (κ2) is 5.87. The van der Waals surface area contributed by atoms with Crippen molar-refractivity contribution in [1.82, 2.24) is 0 Å². The Balaban J connectivity index is 3.45. The van der Waals surface area contributed by atoms with Crippen molar-refractivity contribution in [3.63, 3.8) is 0 Å². The molecule has 8 heteroatoms. The van der Waals surface area contributed by atoms with Crippen LogP contribution in [0, 0.1) is 53.6 Å². The Labute approximate surface area is 111 Å². The zero-order chi connectivity index (χ0) is 15.4. The average Bonchev–Trinajstić information content (AvgIpc) is 2.46. The lowest BCUT2D eigenvalue weighted by molar-refractivity contribution is 0.288. The van der Waals surface area contributed by atoms with E-state index in [1.807, 2.05) is 0 Å².